The summed E-state index contributed by atoms with van der Waals surface area (Å²) in [6.07, 6.45) is 2.53. The summed E-state index contributed by atoms with van der Waals surface area (Å²) in [5.41, 5.74) is 3.10. The zero-order chi connectivity index (χ0) is 24.8. The van der Waals surface area contributed by atoms with Crippen molar-refractivity contribution in [3.63, 3.8) is 0 Å². The smallest absolute Gasteiger partial charge is 0.253 e. The summed E-state index contributed by atoms with van der Waals surface area (Å²) >= 11 is 0. The van der Waals surface area contributed by atoms with Crippen molar-refractivity contribution in [1.29, 1.82) is 0 Å². The van der Waals surface area contributed by atoms with Gasteiger partial charge in [0.1, 0.15) is 0 Å². The van der Waals surface area contributed by atoms with E-state index in [2.05, 4.69) is 25.7 Å². The van der Waals surface area contributed by atoms with E-state index < -0.39 is 0 Å². The molecular formula is C27H33N5O3. The zero-order valence-corrected chi connectivity index (χ0v) is 20.6. The minimum Gasteiger partial charge on any atom is -0.350 e. The summed E-state index contributed by atoms with van der Waals surface area (Å²) in [5.74, 6) is 0.659. The Morgan fingerprint density at radius 1 is 1.17 bits per heavy atom. The number of rotatable bonds is 8. The second-order valence-electron chi connectivity index (χ2n) is 9.27. The van der Waals surface area contributed by atoms with Crippen LogP contribution in [0.25, 0.3) is 11.4 Å². The van der Waals surface area contributed by atoms with E-state index in [0.29, 0.717) is 36.1 Å². The number of piperidine rings is 1. The Bertz CT molecular complexity index is 1160. The fraction of sp³-hybridized carbons (Fsp3) is 0.407. The van der Waals surface area contributed by atoms with Gasteiger partial charge >= 0.3 is 0 Å². The number of hydrogen-bond donors (Lipinski definition) is 2. The first kappa shape index (κ1) is 24.6. The highest BCUT2D eigenvalue weighted by atomic mass is 16.5. The molecule has 2 amide bonds. The van der Waals surface area contributed by atoms with Crippen LogP contribution in [-0.2, 0) is 11.3 Å². The second-order valence-corrected chi connectivity index (χ2v) is 9.27. The summed E-state index contributed by atoms with van der Waals surface area (Å²) in [6, 6.07) is 15.2. The normalized spacial score (nSPS) is 17.1. The van der Waals surface area contributed by atoms with Crippen LogP contribution in [0.4, 0.5) is 5.69 Å². The van der Waals surface area contributed by atoms with Crippen LogP contribution in [0.2, 0.25) is 0 Å². The molecule has 184 valence electrons. The molecule has 1 aliphatic heterocycles. The number of aromatic nitrogens is 2. The summed E-state index contributed by atoms with van der Waals surface area (Å²) in [7, 11) is 0. The topological polar surface area (TPSA) is 100 Å². The third kappa shape index (κ3) is 6.33. The van der Waals surface area contributed by atoms with E-state index in [4.69, 9.17) is 4.52 Å². The Morgan fingerprint density at radius 2 is 1.94 bits per heavy atom. The first-order valence-corrected chi connectivity index (χ1v) is 12.3. The summed E-state index contributed by atoms with van der Waals surface area (Å²) in [6.45, 7) is 7.97. The van der Waals surface area contributed by atoms with Gasteiger partial charge in [-0.15, -0.1) is 0 Å². The fourth-order valence-corrected chi connectivity index (χ4v) is 4.17. The number of likely N-dealkylation sites (tertiary alicyclic amines) is 1. The molecule has 0 spiro atoms. The molecule has 0 bridgehead atoms. The number of nitrogens with zero attached hydrogens (tertiary/aromatic N) is 3. The molecule has 2 unspecified atom stereocenters. The lowest BCUT2D eigenvalue weighted by atomic mass is 9.96. The molecular weight excluding hydrogens is 442 g/mol. The Kier molecular flexibility index (Phi) is 7.92. The van der Waals surface area contributed by atoms with E-state index in [1.54, 1.807) is 18.2 Å². The third-order valence-corrected chi connectivity index (χ3v) is 6.43. The summed E-state index contributed by atoms with van der Waals surface area (Å²) < 4.78 is 5.48. The quantitative estimate of drug-likeness (QED) is 0.500. The monoisotopic (exact) mass is 475 g/mol. The molecule has 35 heavy (non-hydrogen) atoms. The van der Waals surface area contributed by atoms with Gasteiger partial charge in [-0.3, -0.25) is 14.5 Å². The number of benzene rings is 2. The standard InChI is InChI=1S/C27H33N5O3/c1-4-19(3)28-27(34)22-9-5-6-10-23(22)29-26(33)21-8-7-15-32(16-21)17-24-30-25(31-35-24)20-13-11-18(2)12-14-20/h5-6,9-14,19,21H,4,7-8,15-17H2,1-3H3,(H,28,34)(H,29,33). The van der Waals surface area contributed by atoms with Crippen molar-refractivity contribution < 1.29 is 14.1 Å². The van der Waals surface area contributed by atoms with Crippen LogP contribution in [0.3, 0.4) is 0 Å². The van der Waals surface area contributed by atoms with Crippen LogP contribution in [0.1, 0.15) is 54.9 Å². The molecule has 1 saturated heterocycles. The Balaban J connectivity index is 1.37. The molecule has 2 atom stereocenters. The Labute approximate surface area is 206 Å². The fourth-order valence-electron chi connectivity index (χ4n) is 4.17. The van der Waals surface area contributed by atoms with Gasteiger partial charge in [-0.05, 0) is 51.8 Å². The maximum absolute atomic E-state index is 13.1. The van der Waals surface area contributed by atoms with E-state index in [1.807, 2.05) is 51.1 Å². The number of carbonyl (C=O) groups is 2. The van der Waals surface area contributed by atoms with E-state index in [9.17, 15) is 9.59 Å². The largest absolute Gasteiger partial charge is 0.350 e. The lowest BCUT2D eigenvalue weighted by Gasteiger charge is -2.31. The van der Waals surface area contributed by atoms with Crippen LogP contribution < -0.4 is 10.6 Å². The van der Waals surface area contributed by atoms with Crippen molar-refractivity contribution in [1.82, 2.24) is 20.4 Å². The molecule has 2 N–H and O–H groups in total. The van der Waals surface area contributed by atoms with Crippen LogP contribution >= 0.6 is 0 Å². The SMILES string of the molecule is CCC(C)NC(=O)c1ccccc1NC(=O)C1CCCN(Cc2nc(-c3ccc(C)cc3)no2)C1. The van der Waals surface area contributed by atoms with Crippen molar-refractivity contribution in [2.75, 3.05) is 18.4 Å². The molecule has 8 heteroatoms. The van der Waals surface area contributed by atoms with Gasteiger partial charge < -0.3 is 15.2 Å². The van der Waals surface area contributed by atoms with Crippen LogP contribution in [0.5, 0.6) is 0 Å². The lowest BCUT2D eigenvalue weighted by Crippen LogP contribution is -2.40. The van der Waals surface area contributed by atoms with Gasteiger partial charge in [0.25, 0.3) is 5.91 Å². The predicted molar refractivity (Wildman–Crippen MR) is 135 cm³/mol. The maximum atomic E-state index is 13.1. The molecule has 1 aromatic heterocycles. The van der Waals surface area contributed by atoms with Gasteiger partial charge in [0.2, 0.25) is 17.6 Å². The van der Waals surface area contributed by atoms with Gasteiger partial charge in [0.05, 0.1) is 23.7 Å². The van der Waals surface area contributed by atoms with Gasteiger partial charge in [0.15, 0.2) is 0 Å². The van der Waals surface area contributed by atoms with E-state index in [0.717, 1.165) is 31.4 Å². The molecule has 1 fully saturated rings. The van der Waals surface area contributed by atoms with Gasteiger partial charge in [-0.1, -0.05) is 54.0 Å². The van der Waals surface area contributed by atoms with Crippen LogP contribution in [0.15, 0.2) is 53.1 Å². The van der Waals surface area contributed by atoms with E-state index in [-0.39, 0.29) is 23.8 Å². The van der Waals surface area contributed by atoms with Crippen molar-refractivity contribution in [3.05, 3.63) is 65.5 Å². The average molecular weight is 476 g/mol. The first-order valence-electron chi connectivity index (χ1n) is 12.3. The highest BCUT2D eigenvalue weighted by Crippen LogP contribution is 2.23. The van der Waals surface area contributed by atoms with Gasteiger partial charge in [-0.25, -0.2) is 0 Å². The second kappa shape index (κ2) is 11.3. The Morgan fingerprint density at radius 3 is 2.71 bits per heavy atom. The van der Waals surface area contributed by atoms with Crippen molar-refractivity contribution in [2.24, 2.45) is 5.92 Å². The molecule has 0 saturated carbocycles. The lowest BCUT2D eigenvalue weighted by molar-refractivity contribution is -0.121. The van der Waals surface area contributed by atoms with E-state index >= 15 is 0 Å². The van der Waals surface area contributed by atoms with Crippen molar-refractivity contribution in [3.8, 4) is 11.4 Å². The predicted octanol–water partition coefficient (Wildman–Crippen LogP) is 4.42. The molecule has 2 aromatic carbocycles. The molecule has 4 rings (SSSR count). The number of carbonyl (C=O) groups excluding carboxylic acids is 2. The molecule has 1 aliphatic rings. The minimum atomic E-state index is -0.186. The van der Waals surface area contributed by atoms with Crippen LogP contribution in [-0.4, -0.2) is 46.0 Å². The van der Waals surface area contributed by atoms with Crippen molar-refractivity contribution in [2.45, 2.75) is 52.6 Å². The molecule has 3 aromatic rings. The highest BCUT2D eigenvalue weighted by molar-refractivity contribution is 6.04. The van der Waals surface area contributed by atoms with Gasteiger partial charge in [-0.2, -0.15) is 4.98 Å². The summed E-state index contributed by atoms with van der Waals surface area (Å²) in [5, 5.41) is 10.1. The molecule has 0 radical (unpaired) electrons. The molecule has 8 nitrogen and oxygen atoms in total. The number of anilines is 1. The minimum absolute atomic E-state index is 0.0642. The Hall–Kier alpha value is -3.52. The molecule has 2 heterocycles. The highest BCUT2D eigenvalue weighted by Gasteiger charge is 2.28. The van der Waals surface area contributed by atoms with Gasteiger partial charge in [0, 0.05) is 18.2 Å². The summed E-state index contributed by atoms with van der Waals surface area (Å²) in [4.78, 5) is 32.5. The average Bonchev–Trinajstić information content (AvgIpc) is 3.33. The number of amides is 2. The number of para-hydroxylation sites is 1. The molecule has 0 aliphatic carbocycles. The third-order valence-electron chi connectivity index (χ3n) is 6.43. The van der Waals surface area contributed by atoms with E-state index in [1.165, 1.54) is 5.56 Å². The van der Waals surface area contributed by atoms with Crippen LogP contribution in [0, 0.1) is 12.8 Å². The maximum Gasteiger partial charge on any atom is 0.253 e. The number of hydrogen-bond acceptors (Lipinski definition) is 6. The number of nitrogens with one attached hydrogen (secondary N) is 2. The zero-order valence-electron chi connectivity index (χ0n) is 20.6. The van der Waals surface area contributed by atoms with Crippen molar-refractivity contribution >= 4 is 17.5 Å². The number of aryl methyl sites for hydroxylation is 1. The first-order chi connectivity index (χ1) is 16.9.